The highest BCUT2D eigenvalue weighted by Crippen LogP contribution is 2.34. The van der Waals surface area contributed by atoms with Crippen LogP contribution in [0.3, 0.4) is 0 Å². The maximum Gasteiger partial charge on any atom is 0.409 e. The van der Waals surface area contributed by atoms with E-state index < -0.39 is 0 Å². The van der Waals surface area contributed by atoms with Crippen LogP contribution in [0.5, 0.6) is 11.5 Å². The third-order valence-corrected chi connectivity index (χ3v) is 5.21. The van der Waals surface area contributed by atoms with Crippen molar-refractivity contribution < 1.29 is 23.8 Å². The number of thioether (sulfide) groups is 1. The van der Waals surface area contributed by atoms with Crippen molar-refractivity contribution >= 4 is 23.8 Å². The first-order valence-electron chi connectivity index (χ1n) is 8.59. The second-order valence-corrected chi connectivity index (χ2v) is 7.20. The smallest absolute Gasteiger partial charge is 0.409 e. The molecule has 26 heavy (non-hydrogen) atoms. The molecule has 8 heteroatoms. The molecule has 1 aliphatic rings. The number of carbonyl (C=O) groups is 2. The Bertz CT molecular complexity index is 632. The topological polar surface area (TPSA) is 68.3 Å². The zero-order chi connectivity index (χ0) is 19.1. The number of hydrogen-bond acceptors (Lipinski definition) is 6. The molecule has 1 aromatic rings. The molecule has 2 amide bonds. The SMILES string of the molecule is CCOC(=O)N1CCN(C(=O)[C@H](C)Sc2ccc(OC)c(OC)c2)CC1. The van der Waals surface area contributed by atoms with Crippen molar-refractivity contribution in [1.82, 2.24) is 9.80 Å². The molecule has 0 saturated carbocycles. The Morgan fingerprint density at radius 1 is 1.08 bits per heavy atom. The highest BCUT2D eigenvalue weighted by Gasteiger charge is 2.28. The molecule has 144 valence electrons. The average molecular weight is 382 g/mol. The molecule has 0 radical (unpaired) electrons. The van der Waals surface area contributed by atoms with Crippen LogP contribution in [0.4, 0.5) is 4.79 Å². The number of carbonyl (C=O) groups excluding carboxylic acids is 2. The van der Waals surface area contributed by atoms with Crippen LogP contribution in [0.1, 0.15) is 13.8 Å². The van der Waals surface area contributed by atoms with Crippen molar-refractivity contribution in [2.75, 3.05) is 47.0 Å². The predicted molar refractivity (Wildman–Crippen MR) is 100 cm³/mol. The molecular formula is C18H26N2O5S. The van der Waals surface area contributed by atoms with E-state index in [-0.39, 0.29) is 17.3 Å². The van der Waals surface area contributed by atoms with Gasteiger partial charge in [0, 0.05) is 31.1 Å². The zero-order valence-corrected chi connectivity index (χ0v) is 16.5. The fourth-order valence-electron chi connectivity index (χ4n) is 2.73. The molecule has 1 heterocycles. The van der Waals surface area contributed by atoms with Crippen LogP contribution in [0.15, 0.2) is 23.1 Å². The van der Waals surface area contributed by atoms with Gasteiger partial charge in [-0.1, -0.05) is 0 Å². The van der Waals surface area contributed by atoms with E-state index in [1.54, 1.807) is 30.9 Å². The first kappa shape index (κ1) is 20.2. The summed E-state index contributed by atoms with van der Waals surface area (Å²) in [5.74, 6) is 1.36. The number of benzene rings is 1. The van der Waals surface area contributed by atoms with Gasteiger partial charge in [-0.2, -0.15) is 0 Å². The minimum atomic E-state index is -0.313. The summed E-state index contributed by atoms with van der Waals surface area (Å²) >= 11 is 1.48. The van der Waals surface area contributed by atoms with Gasteiger partial charge >= 0.3 is 6.09 Å². The predicted octanol–water partition coefficient (Wildman–Crippen LogP) is 2.49. The summed E-state index contributed by atoms with van der Waals surface area (Å²) in [6.45, 7) is 6.07. The van der Waals surface area contributed by atoms with E-state index in [0.29, 0.717) is 44.3 Å². The standard InChI is InChI=1S/C18H26N2O5S/c1-5-25-18(22)20-10-8-19(9-11-20)17(21)13(2)26-14-6-7-15(23-3)16(12-14)24-4/h6-7,12-13H,5,8-11H2,1-4H3/t13-/m0/s1. The van der Waals surface area contributed by atoms with Crippen LogP contribution >= 0.6 is 11.8 Å². The summed E-state index contributed by atoms with van der Waals surface area (Å²) in [6, 6.07) is 5.61. The maximum atomic E-state index is 12.7. The highest BCUT2D eigenvalue weighted by molar-refractivity contribution is 8.00. The van der Waals surface area contributed by atoms with E-state index >= 15 is 0 Å². The minimum absolute atomic E-state index is 0.0632. The molecule has 0 bridgehead atoms. The van der Waals surface area contributed by atoms with Gasteiger partial charge in [-0.3, -0.25) is 4.79 Å². The van der Waals surface area contributed by atoms with Crippen molar-refractivity contribution in [3.05, 3.63) is 18.2 Å². The van der Waals surface area contributed by atoms with Gasteiger partial charge in [0.05, 0.1) is 26.1 Å². The van der Waals surface area contributed by atoms with Crippen molar-refractivity contribution in [3.8, 4) is 11.5 Å². The number of hydrogen-bond donors (Lipinski definition) is 0. The lowest BCUT2D eigenvalue weighted by molar-refractivity contribution is -0.131. The van der Waals surface area contributed by atoms with Crippen molar-refractivity contribution in [3.63, 3.8) is 0 Å². The fourth-order valence-corrected chi connectivity index (χ4v) is 3.71. The summed E-state index contributed by atoms with van der Waals surface area (Å²) in [6.07, 6.45) is -0.313. The summed E-state index contributed by atoms with van der Waals surface area (Å²) in [7, 11) is 3.18. The van der Waals surface area contributed by atoms with Crippen LogP contribution in [0, 0.1) is 0 Å². The summed E-state index contributed by atoms with van der Waals surface area (Å²) < 4.78 is 15.5. The largest absolute Gasteiger partial charge is 0.493 e. The van der Waals surface area contributed by atoms with Crippen LogP contribution in [0.2, 0.25) is 0 Å². The molecular weight excluding hydrogens is 356 g/mol. The van der Waals surface area contributed by atoms with E-state index in [9.17, 15) is 9.59 Å². The Labute approximate surface area is 158 Å². The van der Waals surface area contributed by atoms with E-state index in [4.69, 9.17) is 14.2 Å². The van der Waals surface area contributed by atoms with Crippen LogP contribution in [-0.2, 0) is 9.53 Å². The molecule has 1 saturated heterocycles. The minimum Gasteiger partial charge on any atom is -0.493 e. The van der Waals surface area contributed by atoms with E-state index in [1.807, 2.05) is 25.1 Å². The highest BCUT2D eigenvalue weighted by atomic mass is 32.2. The Kier molecular flexibility index (Phi) is 7.44. The molecule has 0 spiro atoms. The Balaban J connectivity index is 1.91. The van der Waals surface area contributed by atoms with Gasteiger partial charge in [-0.05, 0) is 32.0 Å². The van der Waals surface area contributed by atoms with Gasteiger partial charge in [-0.25, -0.2) is 4.79 Å². The first-order valence-corrected chi connectivity index (χ1v) is 9.47. The summed E-state index contributed by atoms with van der Waals surface area (Å²) in [5.41, 5.74) is 0. The van der Waals surface area contributed by atoms with E-state index in [2.05, 4.69) is 0 Å². The van der Waals surface area contributed by atoms with Crippen molar-refractivity contribution in [2.24, 2.45) is 0 Å². The number of methoxy groups -OCH3 is 2. The molecule has 1 aliphatic heterocycles. The summed E-state index contributed by atoms with van der Waals surface area (Å²) in [4.78, 5) is 28.8. The van der Waals surface area contributed by atoms with Gasteiger partial charge < -0.3 is 24.0 Å². The Morgan fingerprint density at radius 3 is 2.27 bits per heavy atom. The Morgan fingerprint density at radius 2 is 1.69 bits per heavy atom. The molecule has 1 fully saturated rings. The molecule has 1 aromatic carbocycles. The van der Waals surface area contributed by atoms with E-state index in [1.165, 1.54) is 11.8 Å². The summed E-state index contributed by atoms with van der Waals surface area (Å²) in [5, 5.41) is -0.234. The van der Waals surface area contributed by atoms with Crippen LogP contribution in [0.25, 0.3) is 0 Å². The van der Waals surface area contributed by atoms with Gasteiger partial charge in [0.2, 0.25) is 5.91 Å². The van der Waals surface area contributed by atoms with Crippen molar-refractivity contribution in [1.29, 1.82) is 0 Å². The average Bonchev–Trinajstić information content (AvgIpc) is 2.67. The van der Waals surface area contributed by atoms with Gasteiger partial charge in [0.25, 0.3) is 0 Å². The number of ether oxygens (including phenoxy) is 3. The third kappa shape index (κ3) is 4.97. The number of piperazine rings is 1. The molecule has 0 N–H and O–H groups in total. The number of amides is 2. The zero-order valence-electron chi connectivity index (χ0n) is 15.7. The second-order valence-electron chi connectivity index (χ2n) is 5.79. The molecule has 0 aliphatic carbocycles. The third-order valence-electron chi connectivity index (χ3n) is 4.13. The lowest BCUT2D eigenvalue weighted by Crippen LogP contribution is -2.52. The number of rotatable bonds is 6. The first-order chi connectivity index (χ1) is 12.5. The van der Waals surface area contributed by atoms with Gasteiger partial charge in [0.15, 0.2) is 11.5 Å². The van der Waals surface area contributed by atoms with E-state index in [0.717, 1.165) is 4.90 Å². The van der Waals surface area contributed by atoms with Crippen LogP contribution in [-0.4, -0.2) is 74.1 Å². The molecule has 1 atom stereocenters. The lowest BCUT2D eigenvalue weighted by atomic mass is 10.3. The normalized spacial score (nSPS) is 15.4. The lowest BCUT2D eigenvalue weighted by Gasteiger charge is -2.35. The Hall–Kier alpha value is -2.09. The maximum absolute atomic E-state index is 12.7. The number of nitrogens with zero attached hydrogens (tertiary/aromatic N) is 2. The molecule has 0 unspecified atom stereocenters. The van der Waals surface area contributed by atoms with Crippen LogP contribution < -0.4 is 9.47 Å². The van der Waals surface area contributed by atoms with Crippen molar-refractivity contribution in [2.45, 2.75) is 24.0 Å². The fraction of sp³-hybridized carbons (Fsp3) is 0.556. The molecule has 2 rings (SSSR count). The molecule has 7 nitrogen and oxygen atoms in total. The second kappa shape index (κ2) is 9.56. The van der Waals surface area contributed by atoms with Gasteiger partial charge in [0.1, 0.15) is 0 Å². The quantitative estimate of drug-likeness (QED) is 0.704. The molecule has 0 aromatic heterocycles. The monoisotopic (exact) mass is 382 g/mol. The van der Waals surface area contributed by atoms with Gasteiger partial charge in [-0.15, -0.1) is 11.8 Å².